The highest BCUT2D eigenvalue weighted by molar-refractivity contribution is 7.13. The van der Waals surface area contributed by atoms with Gasteiger partial charge in [-0.1, -0.05) is 13.0 Å². The topological polar surface area (TPSA) is 55.1 Å². The van der Waals surface area contributed by atoms with Crippen LogP contribution in [-0.2, 0) is 6.54 Å². The molecule has 2 aromatic heterocycles. The number of carbonyl (C=O) groups is 1. The van der Waals surface area contributed by atoms with Gasteiger partial charge in [-0.2, -0.15) is 0 Å². The molecule has 2 heterocycles. The van der Waals surface area contributed by atoms with E-state index in [0.29, 0.717) is 18.9 Å². The van der Waals surface area contributed by atoms with Gasteiger partial charge in [0.2, 0.25) is 5.89 Å². The molecule has 5 heteroatoms. The molecule has 1 N–H and O–H groups in total. The Balaban J connectivity index is 1.65. The van der Waals surface area contributed by atoms with Crippen molar-refractivity contribution in [3.8, 4) is 10.8 Å². The number of thiophene rings is 1. The van der Waals surface area contributed by atoms with E-state index in [1.807, 2.05) is 55.6 Å². The molecule has 3 rings (SSSR count). The van der Waals surface area contributed by atoms with Crippen molar-refractivity contribution in [2.24, 2.45) is 0 Å². The Hall–Kier alpha value is -2.40. The Kier molecular flexibility index (Phi) is 5.11. The average molecular weight is 340 g/mol. The van der Waals surface area contributed by atoms with Crippen LogP contribution in [0.2, 0.25) is 0 Å². The molecule has 0 unspecified atom stereocenters. The average Bonchev–Trinajstić information content (AvgIpc) is 3.23. The van der Waals surface area contributed by atoms with E-state index in [1.54, 1.807) is 11.3 Å². The van der Waals surface area contributed by atoms with Gasteiger partial charge >= 0.3 is 0 Å². The number of oxazole rings is 1. The number of ketones is 1. The van der Waals surface area contributed by atoms with Crippen LogP contribution in [0.4, 0.5) is 5.69 Å². The van der Waals surface area contributed by atoms with E-state index >= 15 is 0 Å². The number of aryl methyl sites for hydroxylation is 1. The summed E-state index contributed by atoms with van der Waals surface area (Å²) in [5.41, 5.74) is 2.62. The van der Waals surface area contributed by atoms with E-state index in [-0.39, 0.29) is 5.78 Å². The maximum Gasteiger partial charge on any atom is 0.236 e. The molecule has 0 spiro atoms. The molecule has 1 aromatic carbocycles. The monoisotopic (exact) mass is 340 g/mol. The number of Topliss-reactive ketones (excluding diaryl/α,β-unsaturated/α-hetero) is 1. The summed E-state index contributed by atoms with van der Waals surface area (Å²) in [7, 11) is 0. The molecule has 0 saturated carbocycles. The van der Waals surface area contributed by atoms with E-state index in [2.05, 4.69) is 10.3 Å². The number of aromatic nitrogens is 1. The molecule has 3 aromatic rings. The van der Waals surface area contributed by atoms with Gasteiger partial charge in [0, 0.05) is 17.7 Å². The third-order valence-electron chi connectivity index (χ3n) is 3.77. The van der Waals surface area contributed by atoms with Crippen LogP contribution < -0.4 is 5.32 Å². The number of hydrogen-bond acceptors (Lipinski definition) is 5. The van der Waals surface area contributed by atoms with Crippen LogP contribution in [-0.4, -0.2) is 10.8 Å². The zero-order valence-corrected chi connectivity index (χ0v) is 14.7. The molecule has 0 aliphatic heterocycles. The molecule has 0 amide bonds. The molecule has 0 bridgehead atoms. The Morgan fingerprint density at radius 2 is 2.04 bits per heavy atom. The highest BCUT2D eigenvalue weighted by Crippen LogP contribution is 2.26. The summed E-state index contributed by atoms with van der Waals surface area (Å²) in [6.07, 6.45) is 1.47. The number of anilines is 1. The quantitative estimate of drug-likeness (QED) is 0.592. The van der Waals surface area contributed by atoms with Gasteiger partial charge in [0.1, 0.15) is 11.5 Å². The number of nitrogens with zero attached hydrogens (tertiary/aromatic N) is 1. The molecule has 0 fully saturated rings. The molecule has 0 saturated heterocycles. The minimum Gasteiger partial charge on any atom is -0.440 e. The maximum atomic E-state index is 11.9. The summed E-state index contributed by atoms with van der Waals surface area (Å²) in [6.45, 7) is 4.52. The highest BCUT2D eigenvalue weighted by atomic mass is 32.1. The lowest BCUT2D eigenvalue weighted by Gasteiger charge is -2.06. The lowest BCUT2D eigenvalue weighted by molar-refractivity contribution is 0.0982. The van der Waals surface area contributed by atoms with Gasteiger partial charge in [0.15, 0.2) is 5.78 Å². The van der Waals surface area contributed by atoms with Gasteiger partial charge < -0.3 is 9.73 Å². The van der Waals surface area contributed by atoms with E-state index in [4.69, 9.17) is 4.42 Å². The summed E-state index contributed by atoms with van der Waals surface area (Å²) >= 11 is 1.61. The first-order valence-corrected chi connectivity index (χ1v) is 8.92. The van der Waals surface area contributed by atoms with Gasteiger partial charge in [-0.3, -0.25) is 4.79 Å². The van der Waals surface area contributed by atoms with Crippen LogP contribution in [0, 0.1) is 6.92 Å². The van der Waals surface area contributed by atoms with Crippen LogP contribution in [0.3, 0.4) is 0 Å². The van der Waals surface area contributed by atoms with Crippen molar-refractivity contribution >= 4 is 22.8 Å². The van der Waals surface area contributed by atoms with Crippen LogP contribution in [0.5, 0.6) is 0 Å². The predicted molar refractivity (Wildman–Crippen MR) is 97.6 cm³/mol. The Morgan fingerprint density at radius 1 is 1.25 bits per heavy atom. The van der Waals surface area contributed by atoms with Crippen molar-refractivity contribution in [2.75, 3.05) is 5.32 Å². The van der Waals surface area contributed by atoms with Crippen LogP contribution in [0.25, 0.3) is 10.8 Å². The molecular weight excluding hydrogens is 320 g/mol. The van der Waals surface area contributed by atoms with E-state index < -0.39 is 0 Å². The van der Waals surface area contributed by atoms with Crippen molar-refractivity contribution in [1.29, 1.82) is 0 Å². The van der Waals surface area contributed by atoms with Crippen molar-refractivity contribution < 1.29 is 9.21 Å². The zero-order chi connectivity index (χ0) is 16.9. The second-order valence-electron chi connectivity index (χ2n) is 5.60. The van der Waals surface area contributed by atoms with Gasteiger partial charge in [0.05, 0.1) is 11.4 Å². The number of benzene rings is 1. The molecule has 124 valence electrons. The maximum absolute atomic E-state index is 11.9. The second kappa shape index (κ2) is 7.45. The van der Waals surface area contributed by atoms with Gasteiger partial charge in [-0.25, -0.2) is 4.98 Å². The fourth-order valence-electron chi connectivity index (χ4n) is 2.43. The largest absolute Gasteiger partial charge is 0.440 e. The number of carbonyl (C=O) groups excluding carboxylic acids is 1. The fourth-order valence-corrected chi connectivity index (χ4v) is 3.08. The number of rotatable bonds is 7. The van der Waals surface area contributed by atoms with Gasteiger partial charge in [-0.15, -0.1) is 11.3 Å². The third kappa shape index (κ3) is 3.74. The van der Waals surface area contributed by atoms with Gasteiger partial charge in [-0.05, 0) is 49.1 Å². The third-order valence-corrected chi connectivity index (χ3v) is 4.63. The Bertz CT molecular complexity index is 805. The molecule has 0 atom stereocenters. The van der Waals surface area contributed by atoms with Crippen molar-refractivity contribution in [1.82, 2.24) is 4.98 Å². The number of nitrogens with one attached hydrogen (secondary N) is 1. The molecule has 4 nitrogen and oxygen atoms in total. The lowest BCUT2D eigenvalue weighted by atomic mass is 10.1. The first-order chi connectivity index (χ1) is 11.7. The van der Waals surface area contributed by atoms with Crippen LogP contribution in [0.15, 0.2) is 46.2 Å². The molecule has 0 aliphatic rings. The van der Waals surface area contributed by atoms with Gasteiger partial charge in [0.25, 0.3) is 0 Å². The summed E-state index contributed by atoms with van der Waals surface area (Å²) in [5.74, 6) is 1.68. The summed E-state index contributed by atoms with van der Waals surface area (Å²) < 4.78 is 5.74. The molecule has 0 radical (unpaired) electrons. The van der Waals surface area contributed by atoms with Crippen molar-refractivity contribution in [2.45, 2.75) is 33.2 Å². The summed E-state index contributed by atoms with van der Waals surface area (Å²) in [4.78, 5) is 17.4. The Morgan fingerprint density at radius 3 is 2.71 bits per heavy atom. The SMILES string of the molecule is CCCC(=O)c1ccc(NCc2nc(-c3cccs3)oc2C)cc1. The Labute approximate surface area is 145 Å². The fraction of sp³-hybridized carbons (Fsp3) is 0.263. The molecule has 0 aliphatic carbocycles. The standard InChI is InChI=1S/C19H20N2O2S/c1-3-5-17(22)14-7-9-15(10-8-14)20-12-16-13(2)23-19(21-16)18-6-4-11-24-18/h4,6-11,20H,3,5,12H2,1-2H3. The molecular formula is C19H20N2O2S. The minimum absolute atomic E-state index is 0.192. The van der Waals surface area contributed by atoms with E-state index in [1.165, 1.54) is 0 Å². The lowest BCUT2D eigenvalue weighted by Crippen LogP contribution is -2.02. The van der Waals surface area contributed by atoms with Crippen molar-refractivity contribution in [3.05, 3.63) is 58.8 Å². The van der Waals surface area contributed by atoms with Crippen LogP contribution >= 0.6 is 11.3 Å². The van der Waals surface area contributed by atoms with Crippen molar-refractivity contribution in [3.63, 3.8) is 0 Å². The summed E-state index contributed by atoms with van der Waals surface area (Å²) in [5, 5.41) is 5.34. The first kappa shape index (κ1) is 16.5. The predicted octanol–water partition coefficient (Wildman–Crippen LogP) is 5.31. The second-order valence-corrected chi connectivity index (χ2v) is 6.55. The zero-order valence-electron chi connectivity index (χ0n) is 13.8. The molecule has 24 heavy (non-hydrogen) atoms. The normalized spacial score (nSPS) is 10.8. The highest BCUT2D eigenvalue weighted by Gasteiger charge is 2.12. The summed E-state index contributed by atoms with van der Waals surface area (Å²) in [6, 6.07) is 11.6. The minimum atomic E-state index is 0.192. The van der Waals surface area contributed by atoms with E-state index in [9.17, 15) is 4.79 Å². The van der Waals surface area contributed by atoms with Crippen LogP contribution in [0.1, 0.15) is 41.6 Å². The number of hydrogen-bond donors (Lipinski definition) is 1. The smallest absolute Gasteiger partial charge is 0.236 e. The van der Waals surface area contributed by atoms with E-state index in [0.717, 1.165) is 34.0 Å². The first-order valence-electron chi connectivity index (χ1n) is 8.04.